The summed E-state index contributed by atoms with van der Waals surface area (Å²) in [6, 6.07) is -0.176. The molecule has 1 aliphatic rings. The number of hydrogen-bond acceptors (Lipinski definition) is 3. The third kappa shape index (κ3) is 2.29. The fourth-order valence-electron chi connectivity index (χ4n) is 1.81. The number of carbonyl (C=O) groups excluding carboxylic acids is 2. The Bertz CT molecular complexity index is 242. The molecule has 1 amide bonds. The smallest absolute Gasteiger partial charge is 0.226 e. The van der Waals surface area contributed by atoms with Gasteiger partial charge < -0.3 is 4.90 Å². The third-order valence-electron chi connectivity index (χ3n) is 2.70. The Morgan fingerprint density at radius 2 is 2.21 bits per heavy atom. The summed E-state index contributed by atoms with van der Waals surface area (Å²) < 4.78 is 0. The summed E-state index contributed by atoms with van der Waals surface area (Å²) in [7, 11) is 0. The Morgan fingerprint density at radius 3 is 2.71 bits per heavy atom. The highest BCUT2D eigenvalue weighted by atomic mass is 32.1. The topological polar surface area (TPSA) is 37.4 Å². The summed E-state index contributed by atoms with van der Waals surface area (Å²) in [4.78, 5) is 24.8. The minimum absolute atomic E-state index is 0.0673. The van der Waals surface area contributed by atoms with Crippen LogP contribution in [0.25, 0.3) is 0 Å². The van der Waals surface area contributed by atoms with Gasteiger partial charge in [0.2, 0.25) is 5.91 Å². The lowest BCUT2D eigenvalue weighted by Gasteiger charge is -2.25. The van der Waals surface area contributed by atoms with E-state index in [1.807, 2.05) is 6.92 Å². The van der Waals surface area contributed by atoms with E-state index in [1.54, 1.807) is 11.8 Å². The van der Waals surface area contributed by atoms with E-state index in [0.29, 0.717) is 5.75 Å². The van der Waals surface area contributed by atoms with Gasteiger partial charge in [0.25, 0.3) is 0 Å². The first-order chi connectivity index (χ1) is 6.57. The second-order valence-corrected chi connectivity index (χ2v) is 4.25. The van der Waals surface area contributed by atoms with Gasteiger partial charge in [0, 0.05) is 18.2 Å². The van der Waals surface area contributed by atoms with Crippen LogP contribution in [-0.4, -0.2) is 34.9 Å². The van der Waals surface area contributed by atoms with Gasteiger partial charge in [-0.2, -0.15) is 12.6 Å². The predicted octanol–water partition coefficient (Wildman–Crippen LogP) is 1.13. The van der Waals surface area contributed by atoms with Crippen molar-refractivity contribution >= 4 is 24.3 Å². The van der Waals surface area contributed by atoms with Gasteiger partial charge in [0.05, 0.1) is 6.04 Å². The Morgan fingerprint density at radius 1 is 1.57 bits per heavy atom. The number of nitrogens with zero attached hydrogens (tertiary/aromatic N) is 1. The van der Waals surface area contributed by atoms with Gasteiger partial charge in [-0.3, -0.25) is 9.59 Å². The molecule has 1 heterocycles. The molecule has 1 saturated heterocycles. The molecule has 0 aromatic carbocycles. The first kappa shape index (κ1) is 11.6. The zero-order valence-electron chi connectivity index (χ0n) is 8.69. The molecule has 2 atom stereocenters. The molecule has 0 bridgehead atoms. The molecule has 0 spiro atoms. The van der Waals surface area contributed by atoms with E-state index >= 15 is 0 Å². The van der Waals surface area contributed by atoms with Crippen molar-refractivity contribution in [3.63, 3.8) is 0 Å². The fraction of sp³-hybridized carbons (Fsp3) is 0.800. The fourth-order valence-corrected chi connectivity index (χ4v) is 1.97. The van der Waals surface area contributed by atoms with E-state index < -0.39 is 0 Å². The van der Waals surface area contributed by atoms with Crippen LogP contribution in [0.4, 0.5) is 0 Å². The summed E-state index contributed by atoms with van der Waals surface area (Å²) in [5.74, 6) is 0.623. The number of rotatable bonds is 3. The van der Waals surface area contributed by atoms with Gasteiger partial charge in [-0.15, -0.1) is 0 Å². The van der Waals surface area contributed by atoms with Crippen LogP contribution in [0.1, 0.15) is 26.7 Å². The van der Waals surface area contributed by atoms with Crippen LogP contribution < -0.4 is 0 Å². The van der Waals surface area contributed by atoms with Crippen LogP contribution in [-0.2, 0) is 9.59 Å². The average molecular weight is 215 g/mol. The van der Waals surface area contributed by atoms with Crippen LogP contribution in [0.5, 0.6) is 0 Å². The number of carbonyl (C=O) groups is 2. The van der Waals surface area contributed by atoms with Crippen molar-refractivity contribution in [2.75, 3.05) is 12.3 Å². The SMILES string of the molecule is CC(=O)C1CCCN1C(=O)[C@H](C)CS. The third-order valence-corrected chi connectivity index (χ3v) is 3.25. The molecular formula is C10H17NO2S. The quantitative estimate of drug-likeness (QED) is 0.717. The molecule has 0 aromatic heterocycles. The first-order valence-corrected chi connectivity index (χ1v) is 5.63. The van der Waals surface area contributed by atoms with Gasteiger partial charge in [0.1, 0.15) is 0 Å². The molecule has 1 rings (SSSR count). The minimum atomic E-state index is -0.176. The Hall–Kier alpha value is -0.510. The number of thiol groups is 1. The molecule has 4 heteroatoms. The van der Waals surface area contributed by atoms with Crippen molar-refractivity contribution in [1.29, 1.82) is 0 Å². The lowest BCUT2D eigenvalue weighted by atomic mass is 10.1. The average Bonchev–Trinajstić information content (AvgIpc) is 2.63. The zero-order chi connectivity index (χ0) is 10.7. The maximum Gasteiger partial charge on any atom is 0.226 e. The summed E-state index contributed by atoms with van der Waals surface area (Å²) >= 11 is 4.10. The van der Waals surface area contributed by atoms with E-state index in [4.69, 9.17) is 0 Å². The predicted molar refractivity (Wildman–Crippen MR) is 58.4 cm³/mol. The van der Waals surface area contributed by atoms with Crippen molar-refractivity contribution in [2.45, 2.75) is 32.7 Å². The second-order valence-electron chi connectivity index (χ2n) is 3.88. The molecule has 1 aliphatic heterocycles. The van der Waals surface area contributed by atoms with Crippen LogP contribution in [0, 0.1) is 5.92 Å². The molecule has 0 N–H and O–H groups in total. The Balaban J connectivity index is 2.67. The standard InChI is InChI=1S/C10H17NO2S/c1-7(6-14)10(13)11-5-3-4-9(11)8(2)12/h7,9,14H,3-6H2,1-2H3/t7-,9?/m1/s1. The molecule has 1 unspecified atom stereocenters. The summed E-state index contributed by atoms with van der Waals surface area (Å²) in [6.45, 7) is 4.13. The molecule has 0 aliphatic carbocycles. The van der Waals surface area contributed by atoms with Gasteiger partial charge in [-0.1, -0.05) is 6.92 Å². The van der Waals surface area contributed by atoms with Gasteiger partial charge >= 0.3 is 0 Å². The summed E-state index contributed by atoms with van der Waals surface area (Å²) in [6.07, 6.45) is 1.76. The van der Waals surface area contributed by atoms with Crippen LogP contribution in [0.15, 0.2) is 0 Å². The van der Waals surface area contributed by atoms with Gasteiger partial charge in [0.15, 0.2) is 5.78 Å². The Labute approximate surface area is 90.3 Å². The molecule has 80 valence electrons. The van der Waals surface area contributed by atoms with Crippen molar-refractivity contribution in [1.82, 2.24) is 4.90 Å². The van der Waals surface area contributed by atoms with E-state index in [0.717, 1.165) is 19.4 Å². The molecule has 3 nitrogen and oxygen atoms in total. The first-order valence-electron chi connectivity index (χ1n) is 4.99. The number of hydrogen-bond donors (Lipinski definition) is 1. The molecule has 0 radical (unpaired) electrons. The lowest BCUT2D eigenvalue weighted by molar-refractivity contribution is -0.139. The zero-order valence-corrected chi connectivity index (χ0v) is 9.59. The summed E-state index contributed by atoms with van der Waals surface area (Å²) in [5.41, 5.74) is 0. The maximum atomic E-state index is 11.8. The normalized spacial score (nSPS) is 23.6. The minimum Gasteiger partial charge on any atom is -0.332 e. The second kappa shape index (κ2) is 4.82. The van der Waals surface area contributed by atoms with E-state index in [1.165, 1.54) is 0 Å². The Kier molecular flexibility index (Phi) is 3.98. The van der Waals surface area contributed by atoms with E-state index in [9.17, 15) is 9.59 Å². The number of likely N-dealkylation sites (tertiary alicyclic amines) is 1. The van der Waals surface area contributed by atoms with Crippen LogP contribution in [0.2, 0.25) is 0 Å². The van der Waals surface area contributed by atoms with Gasteiger partial charge in [-0.05, 0) is 19.8 Å². The lowest BCUT2D eigenvalue weighted by Crippen LogP contribution is -2.42. The highest BCUT2D eigenvalue weighted by Crippen LogP contribution is 2.20. The van der Waals surface area contributed by atoms with Crippen molar-refractivity contribution in [3.8, 4) is 0 Å². The van der Waals surface area contributed by atoms with Crippen molar-refractivity contribution < 1.29 is 9.59 Å². The molecule has 0 saturated carbocycles. The molecule has 14 heavy (non-hydrogen) atoms. The maximum absolute atomic E-state index is 11.8. The largest absolute Gasteiger partial charge is 0.332 e. The monoisotopic (exact) mass is 215 g/mol. The van der Waals surface area contributed by atoms with E-state index in [2.05, 4.69) is 12.6 Å². The number of amides is 1. The highest BCUT2D eigenvalue weighted by Gasteiger charge is 2.33. The van der Waals surface area contributed by atoms with Crippen molar-refractivity contribution in [3.05, 3.63) is 0 Å². The van der Waals surface area contributed by atoms with Gasteiger partial charge in [-0.25, -0.2) is 0 Å². The van der Waals surface area contributed by atoms with Crippen LogP contribution >= 0.6 is 12.6 Å². The molecular weight excluding hydrogens is 198 g/mol. The van der Waals surface area contributed by atoms with Crippen molar-refractivity contribution in [2.24, 2.45) is 5.92 Å². The molecule has 0 aromatic rings. The van der Waals surface area contributed by atoms with Crippen LogP contribution in [0.3, 0.4) is 0 Å². The highest BCUT2D eigenvalue weighted by molar-refractivity contribution is 7.80. The number of Topliss-reactive ketones (excluding diaryl/α,β-unsaturated/α-hetero) is 1. The summed E-state index contributed by atoms with van der Waals surface area (Å²) in [5, 5.41) is 0. The molecule has 1 fully saturated rings. The van der Waals surface area contributed by atoms with E-state index in [-0.39, 0.29) is 23.7 Å². The number of ketones is 1.